The van der Waals surface area contributed by atoms with E-state index in [0.29, 0.717) is 21.2 Å². The van der Waals surface area contributed by atoms with Crippen LogP contribution >= 0.6 is 24.0 Å². The fourth-order valence-electron chi connectivity index (χ4n) is 1.83. The molecule has 1 saturated heterocycles. The summed E-state index contributed by atoms with van der Waals surface area (Å²) in [4.78, 5) is 24.5. The van der Waals surface area contributed by atoms with Crippen molar-refractivity contribution >= 4 is 46.3 Å². The van der Waals surface area contributed by atoms with Gasteiger partial charge >= 0.3 is 5.97 Å². The quantitative estimate of drug-likeness (QED) is 0.666. The van der Waals surface area contributed by atoms with Crippen LogP contribution in [0.25, 0.3) is 6.08 Å². The van der Waals surface area contributed by atoms with Crippen molar-refractivity contribution < 1.29 is 19.1 Å². The molecule has 1 aliphatic rings. The van der Waals surface area contributed by atoms with E-state index in [1.54, 1.807) is 18.2 Å². The summed E-state index contributed by atoms with van der Waals surface area (Å²) in [6.45, 7) is 0.275. The highest BCUT2D eigenvalue weighted by molar-refractivity contribution is 8.26. The van der Waals surface area contributed by atoms with E-state index in [9.17, 15) is 14.0 Å². The van der Waals surface area contributed by atoms with Crippen LogP contribution in [0.3, 0.4) is 0 Å². The molecular weight excluding hydrogens is 313 g/mol. The molecule has 110 valence electrons. The highest BCUT2D eigenvalue weighted by Gasteiger charge is 2.31. The first-order valence-corrected chi connectivity index (χ1v) is 7.42. The molecule has 0 atom stereocenters. The maximum atomic E-state index is 13.1. The number of carboxylic acids is 1. The molecule has 0 radical (unpaired) electrons. The summed E-state index contributed by atoms with van der Waals surface area (Å²) in [6.07, 6.45) is 1.91. The minimum absolute atomic E-state index is 0.0139. The Hall–Kier alpha value is -1.73. The van der Waals surface area contributed by atoms with Gasteiger partial charge in [0.1, 0.15) is 10.1 Å². The van der Waals surface area contributed by atoms with E-state index < -0.39 is 5.97 Å². The first-order chi connectivity index (χ1) is 9.97. The summed E-state index contributed by atoms with van der Waals surface area (Å²) in [6, 6.07) is 5.92. The van der Waals surface area contributed by atoms with Gasteiger partial charge in [0, 0.05) is 13.0 Å². The second-order valence-corrected chi connectivity index (χ2v) is 6.06. The Morgan fingerprint density at radius 3 is 2.90 bits per heavy atom. The summed E-state index contributed by atoms with van der Waals surface area (Å²) in [5.41, 5.74) is 0.584. The number of rotatable bonds is 5. The topological polar surface area (TPSA) is 57.6 Å². The third kappa shape index (κ3) is 4.12. The smallest absolute Gasteiger partial charge is 0.303 e. The van der Waals surface area contributed by atoms with E-state index >= 15 is 0 Å². The molecule has 2 rings (SSSR count). The number of hydrogen-bond acceptors (Lipinski definition) is 4. The number of carboxylic acid groups (broad SMARTS) is 1. The van der Waals surface area contributed by atoms with Crippen molar-refractivity contribution in [1.82, 2.24) is 4.90 Å². The van der Waals surface area contributed by atoms with Crippen molar-refractivity contribution in [2.24, 2.45) is 0 Å². The molecule has 0 spiro atoms. The molecule has 0 aliphatic carbocycles. The third-order valence-corrected chi connectivity index (χ3v) is 4.17. The van der Waals surface area contributed by atoms with Gasteiger partial charge in [0.25, 0.3) is 5.91 Å². The summed E-state index contributed by atoms with van der Waals surface area (Å²) >= 11 is 6.26. The highest BCUT2D eigenvalue weighted by atomic mass is 32.2. The Morgan fingerprint density at radius 2 is 2.24 bits per heavy atom. The van der Waals surface area contributed by atoms with Crippen molar-refractivity contribution in [2.75, 3.05) is 6.54 Å². The molecule has 1 aliphatic heterocycles. The largest absolute Gasteiger partial charge is 0.481 e. The van der Waals surface area contributed by atoms with Crippen LogP contribution in [0.1, 0.15) is 18.4 Å². The fraction of sp³-hybridized carbons (Fsp3) is 0.214. The van der Waals surface area contributed by atoms with E-state index in [1.165, 1.54) is 17.0 Å². The lowest BCUT2D eigenvalue weighted by Crippen LogP contribution is -2.29. The number of carbonyl (C=O) groups excluding carboxylic acids is 1. The Labute approximate surface area is 130 Å². The normalized spacial score (nSPS) is 16.8. The Kier molecular flexibility index (Phi) is 5.08. The van der Waals surface area contributed by atoms with Gasteiger partial charge in [0.05, 0.1) is 4.91 Å². The van der Waals surface area contributed by atoms with E-state index in [2.05, 4.69) is 0 Å². The fourth-order valence-corrected chi connectivity index (χ4v) is 3.14. The summed E-state index contributed by atoms with van der Waals surface area (Å²) in [7, 11) is 0. The molecule has 0 saturated carbocycles. The monoisotopic (exact) mass is 325 g/mol. The van der Waals surface area contributed by atoms with E-state index in [4.69, 9.17) is 17.3 Å². The van der Waals surface area contributed by atoms with E-state index in [0.717, 1.165) is 11.8 Å². The molecule has 1 aromatic rings. The predicted octanol–water partition coefficient (Wildman–Crippen LogP) is 2.89. The van der Waals surface area contributed by atoms with Crippen molar-refractivity contribution in [3.63, 3.8) is 0 Å². The molecule has 1 heterocycles. The molecule has 1 fully saturated rings. The van der Waals surface area contributed by atoms with Crippen molar-refractivity contribution in [1.29, 1.82) is 0 Å². The Morgan fingerprint density at radius 1 is 1.48 bits per heavy atom. The molecule has 1 aromatic carbocycles. The minimum atomic E-state index is -0.907. The van der Waals surface area contributed by atoms with Crippen LogP contribution in [0, 0.1) is 5.82 Å². The molecular formula is C14H12FNO3S2. The first-order valence-electron chi connectivity index (χ1n) is 6.20. The molecule has 21 heavy (non-hydrogen) atoms. The second-order valence-electron chi connectivity index (χ2n) is 4.39. The van der Waals surface area contributed by atoms with Gasteiger partial charge in [-0.3, -0.25) is 14.5 Å². The van der Waals surface area contributed by atoms with Gasteiger partial charge in [0.2, 0.25) is 0 Å². The predicted molar refractivity (Wildman–Crippen MR) is 83.1 cm³/mol. The standard InChI is InChI=1S/C14H12FNO3S2/c15-10-4-1-3-9(7-10)8-11-13(19)16(14(20)21-11)6-2-5-12(17)18/h1,3-4,7-8H,2,5-6H2,(H,17,18)/b11-8+. The van der Waals surface area contributed by atoms with Gasteiger partial charge in [-0.15, -0.1) is 0 Å². The number of nitrogens with zero attached hydrogens (tertiary/aromatic N) is 1. The zero-order valence-corrected chi connectivity index (χ0v) is 12.5. The maximum Gasteiger partial charge on any atom is 0.303 e. The zero-order valence-electron chi connectivity index (χ0n) is 10.9. The number of carbonyl (C=O) groups is 2. The van der Waals surface area contributed by atoms with Crippen molar-refractivity contribution in [2.45, 2.75) is 12.8 Å². The van der Waals surface area contributed by atoms with Gasteiger partial charge in [-0.05, 0) is 30.2 Å². The van der Waals surface area contributed by atoms with Gasteiger partial charge in [-0.2, -0.15) is 0 Å². The Bertz CT molecular complexity index is 630. The summed E-state index contributed by atoms with van der Waals surface area (Å²) in [5, 5.41) is 8.60. The molecule has 4 nitrogen and oxygen atoms in total. The lowest BCUT2D eigenvalue weighted by molar-refractivity contribution is -0.137. The molecule has 0 unspecified atom stereocenters. The Balaban J connectivity index is 2.08. The number of amides is 1. The van der Waals surface area contributed by atoms with Crippen molar-refractivity contribution in [3.8, 4) is 0 Å². The van der Waals surface area contributed by atoms with Crippen LogP contribution in [0.15, 0.2) is 29.2 Å². The van der Waals surface area contributed by atoms with Gasteiger partial charge < -0.3 is 5.11 Å². The molecule has 1 amide bonds. The van der Waals surface area contributed by atoms with Gasteiger partial charge in [0.15, 0.2) is 0 Å². The van der Waals surface area contributed by atoms with Gasteiger partial charge in [-0.25, -0.2) is 4.39 Å². The van der Waals surface area contributed by atoms with Gasteiger partial charge in [-0.1, -0.05) is 36.1 Å². The van der Waals surface area contributed by atoms with Crippen LogP contribution in [0.4, 0.5) is 4.39 Å². The first kappa shape index (κ1) is 15.7. The number of thiocarbonyl (C=S) groups is 1. The number of thioether (sulfide) groups is 1. The molecule has 1 N–H and O–H groups in total. The lowest BCUT2D eigenvalue weighted by atomic mass is 10.2. The average Bonchev–Trinajstić information content (AvgIpc) is 2.66. The zero-order chi connectivity index (χ0) is 15.4. The lowest BCUT2D eigenvalue weighted by Gasteiger charge is -2.13. The molecule has 7 heteroatoms. The summed E-state index contributed by atoms with van der Waals surface area (Å²) in [5.74, 6) is -1.55. The number of benzene rings is 1. The number of aliphatic carboxylic acids is 1. The number of hydrogen-bond donors (Lipinski definition) is 1. The van der Waals surface area contributed by atoms with Crippen LogP contribution in [-0.2, 0) is 9.59 Å². The SMILES string of the molecule is O=C(O)CCCN1C(=O)/C(=C\c2cccc(F)c2)SC1=S. The highest BCUT2D eigenvalue weighted by Crippen LogP contribution is 2.32. The van der Waals surface area contributed by atoms with Crippen LogP contribution < -0.4 is 0 Å². The van der Waals surface area contributed by atoms with Crippen LogP contribution in [-0.4, -0.2) is 32.7 Å². The van der Waals surface area contributed by atoms with E-state index in [1.807, 2.05) is 0 Å². The third-order valence-electron chi connectivity index (χ3n) is 2.79. The number of halogens is 1. The minimum Gasteiger partial charge on any atom is -0.481 e. The molecule has 0 bridgehead atoms. The van der Waals surface area contributed by atoms with Crippen LogP contribution in [0.5, 0.6) is 0 Å². The average molecular weight is 325 g/mol. The van der Waals surface area contributed by atoms with Crippen molar-refractivity contribution in [3.05, 3.63) is 40.6 Å². The molecule has 0 aromatic heterocycles. The van der Waals surface area contributed by atoms with E-state index in [-0.39, 0.29) is 24.7 Å². The van der Waals surface area contributed by atoms with Crippen LogP contribution in [0.2, 0.25) is 0 Å². The maximum absolute atomic E-state index is 13.1. The summed E-state index contributed by atoms with van der Waals surface area (Å²) < 4.78 is 13.5. The second kappa shape index (κ2) is 6.82.